The normalized spacial score (nSPS) is 2.36. The number of hydrogen-bond acceptors (Lipinski definition) is 1. The summed E-state index contributed by atoms with van der Waals surface area (Å²) in [4.78, 5) is 21.6. The molecule has 0 heterocycles. The van der Waals surface area contributed by atoms with E-state index in [0.717, 1.165) is 0 Å². The van der Waals surface area contributed by atoms with Gasteiger partial charge in [0.2, 0.25) is 0 Å². The van der Waals surface area contributed by atoms with Crippen LogP contribution in [0.25, 0.3) is 0 Å². The van der Waals surface area contributed by atoms with Gasteiger partial charge in [-0.05, 0) is 0 Å². The summed E-state index contributed by atoms with van der Waals surface area (Å²) in [6.07, 6.45) is 0. The predicted molar refractivity (Wildman–Crippen MR) is 157 cm³/mol. The first-order valence-electron chi connectivity index (χ1n) is 0.783. The maximum atomic E-state index is 8.88. The van der Waals surface area contributed by atoms with Crippen molar-refractivity contribution in [1.29, 1.82) is 0 Å². The predicted octanol–water partition coefficient (Wildman–Crippen LogP) is -13.9. The number of phosphoric acid groups is 1. The van der Waals surface area contributed by atoms with Crippen LogP contribution in [0.2, 0.25) is 0 Å². The fourth-order valence-electron chi connectivity index (χ4n) is 0. The molecule has 25 heavy (non-hydrogen) atoms. The zero-order chi connectivity index (χ0) is 4.50. The van der Waals surface area contributed by atoms with Crippen molar-refractivity contribution in [2.45, 2.75) is 0 Å². The van der Waals surface area contributed by atoms with Crippen LogP contribution in [0.4, 0.5) is 0 Å². The van der Waals surface area contributed by atoms with Gasteiger partial charge in [0.15, 0.2) is 0 Å². The molecule has 0 saturated carbocycles. The average molecular weight is 578 g/mol. The van der Waals surface area contributed by atoms with Crippen molar-refractivity contribution < 1.29 is 19.2 Å². The van der Waals surface area contributed by atoms with Crippen molar-refractivity contribution in [3.05, 3.63) is 0 Å². The summed E-state index contributed by atoms with van der Waals surface area (Å²) >= 11 is 0. The van der Waals surface area contributed by atoms with E-state index < -0.39 is 7.82 Å². The van der Waals surface area contributed by atoms with Crippen LogP contribution in [0.5, 0.6) is 0 Å². The van der Waals surface area contributed by atoms with Crippen molar-refractivity contribution in [3.8, 4) is 0 Å². The van der Waals surface area contributed by atoms with Crippen LogP contribution in [0, 0.1) is 0 Å². The minimum absolute atomic E-state index is 0. The van der Waals surface area contributed by atoms with Gasteiger partial charge in [-0.3, -0.25) is 0 Å². The zero-order valence-electron chi connectivity index (χ0n) is 2.20. The molecule has 0 bridgehead atoms. The molecule has 0 aliphatic heterocycles. The summed E-state index contributed by atoms with van der Waals surface area (Å²) in [5, 5.41) is 0. The van der Waals surface area contributed by atoms with E-state index in [4.69, 9.17) is 19.2 Å². The zero-order valence-corrected chi connectivity index (χ0v) is 3.09. The molecule has 0 aromatic heterocycles. The van der Waals surface area contributed by atoms with Crippen molar-refractivity contribution in [2.75, 3.05) is 0 Å². The van der Waals surface area contributed by atoms with Gasteiger partial charge in [-0.1, -0.05) is 0 Å². The van der Waals surface area contributed by atoms with Crippen LogP contribution in [0.1, 0.15) is 0 Å². The Hall–Kier alpha value is 20.1. The third-order valence-corrected chi connectivity index (χ3v) is 0. The van der Waals surface area contributed by atoms with Crippen molar-refractivity contribution in [3.63, 3.8) is 0 Å². The summed E-state index contributed by atoms with van der Waals surface area (Å²) in [5.41, 5.74) is 0. The van der Waals surface area contributed by atoms with Crippen molar-refractivity contribution in [1.82, 2.24) is 0 Å². The van der Waals surface area contributed by atoms with Gasteiger partial charge in [-0.15, -0.1) is 0 Å². The molecule has 3 N–H and O–H groups in total. The van der Waals surface area contributed by atoms with Gasteiger partial charge in [-0.2, -0.15) is 0 Å². The van der Waals surface area contributed by atoms with E-state index in [1.165, 1.54) is 0 Å². The second-order valence-corrected chi connectivity index (χ2v) is 1.54. The molecule has 0 radical (unpaired) electrons. The molecule has 25 heteroatoms. The van der Waals surface area contributed by atoms with Crippen molar-refractivity contribution in [2.24, 2.45) is 0 Å². The average Bonchev–Trinajstić information content (AvgIpc) is 0.722. The quantitative estimate of drug-likeness (QED) is 0.198. The molecule has 0 atom stereocenters. The van der Waals surface area contributed by atoms with E-state index in [-0.39, 0.29) is 591 Å². The van der Waals surface area contributed by atoms with E-state index >= 15 is 0 Å². The molecular formula is H23Na20O4P. The van der Waals surface area contributed by atoms with E-state index in [1.807, 2.05) is 0 Å². The van der Waals surface area contributed by atoms with E-state index in [2.05, 4.69) is 0 Å². The number of rotatable bonds is 0. The van der Waals surface area contributed by atoms with Gasteiger partial charge >= 0.3 is 599 Å². The topological polar surface area (TPSA) is 77.8 Å². The fourth-order valence-corrected chi connectivity index (χ4v) is 0. The minimum atomic E-state index is -4.64. The van der Waals surface area contributed by atoms with Crippen LogP contribution in [-0.2, 0) is 4.57 Å². The van der Waals surface area contributed by atoms with Gasteiger partial charge in [-0.25, -0.2) is 4.57 Å². The van der Waals surface area contributed by atoms with Crippen LogP contribution in [0.15, 0.2) is 0 Å². The Bertz CT molecular complexity index is 67.8. The van der Waals surface area contributed by atoms with Crippen LogP contribution in [-0.4, -0.2) is 606 Å². The Kier molecular flexibility index (Phi) is 726. The van der Waals surface area contributed by atoms with Crippen LogP contribution >= 0.6 is 7.82 Å². The third kappa shape index (κ3) is 193. The fraction of sp³-hybridized carbons (Fsp3) is 0. The number of hydrogen-bond donors (Lipinski definition) is 3. The van der Waals surface area contributed by atoms with E-state index in [0.29, 0.717) is 0 Å². The first kappa shape index (κ1) is 151. The molecule has 0 unspecified atom stereocenters. The summed E-state index contributed by atoms with van der Waals surface area (Å²) in [6, 6.07) is 0. The Morgan fingerprint density at radius 2 is 0.280 bits per heavy atom. The van der Waals surface area contributed by atoms with Gasteiger partial charge in [0.25, 0.3) is 0 Å². The summed E-state index contributed by atoms with van der Waals surface area (Å²) < 4.78 is 8.88. The molecule has 0 aliphatic carbocycles. The first-order chi connectivity index (χ1) is 2.00. The molecular weight excluding hydrogens is 555 g/mol. The monoisotopic (exact) mass is 578 g/mol. The van der Waals surface area contributed by atoms with Gasteiger partial charge in [0.05, 0.1) is 0 Å². The maximum absolute atomic E-state index is 8.88. The molecule has 0 fully saturated rings. The SMILES string of the molecule is O=P(O)(O)O.[NaH].[NaH].[NaH].[NaH].[NaH].[NaH].[NaH].[NaH].[NaH].[NaH].[NaH].[NaH].[NaH].[NaH].[NaH].[NaH].[NaH].[NaH].[NaH].[NaH]. The second kappa shape index (κ2) is 120. The molecule has 0 spiro atoms. The van der Waals surface area contributed by atoms with Crippen LogP contribution < -0.4 is 0 Å². The van der Waals surface area contributed by atoms with Gasteiger partial charge in [0.1, 0.15) is 0 Å². The Labute approximate surface area is 597 Å². The second-order valence-electron chi connectivity index (χ2n) is 0.513. The Balaban J connectivity index is -0.000000000421. The van der Waals surface area contributed by atoms with E-state index in [1.54, 1.807) is 0 Å². The molecule has 0 aliphatic rings. The summed E-state index contributed by atoms with van der Waals surface area (Å²) in [7, 11) is -4.64. The molecule has 0 rings (SSSR count). The van der Waals surface area contributed by atoms with Gasteiger partial charge in [0, 0.05) is 0 Å². The first-order valence-corrected chi connectivity index (χ1v) is 2.35. The van der Waals surface area contributed by atoms with E-state index in [9.17, 15) is 0 Å². The molecule has 0 saturated heterocycles. The summed E-state index contributed by atoms with van der Waals surface area (Å²) in [5.74, 6) is 0. The Morgan fingerprint density at radius 3 is 0.280 bits per heavy atom. The van der Waals surface area contributed by atoms with Gasteiger partial charge < -0.3 is 14.7 Å². The summed E-state index contributed by atoms with van der Waals surface area (Å²) in [6.45, 7) is 0. The molecule has 4 nitrogen and oxygen atoms in total. The Morgan fingerprint density at radius 1 is 0.280 bits per heavy atom. The third-order valence-electron chi connectivity index (χ3n) is 0. The van der Waals surface area contributed by atoms with Crippen molar-refractivity contribution >= 4 is 599 Å². The van der Waals surface area contributed by atoms with Crippen LogP contribution in [0.3, 0.4) is 0 Å². The standard InChI is InChI=1S/20Na.H3O4P.20H/c;;;;;;;;;;;;;;;;;;;;1-5(2,3)4;;;;;;;;;;;;;;;;;;;;/h;;;;;;;;;;;;;;;;;;;;(H3,1,2,3,4);;;;;;;;;;;;;;;;;;;;. The molecule has 0 aromatic rings. The molecule has 0 amide bonds. The molecule has 72 valence electrons. The molecule has 0 aromatic carbocycles.